The van der Waals surface area contributed by atoms with Crippen molar-refractivity contribution in [2.24, 2.45) is 0 Å². The molecule has 0 atom stereocenters. The van der Waals surface area contributed by atoms with Gasteiger partial charge >= 0.3 is 0 Å². The van der Waals surface area contributed by atoms with Gasteiger partial charge < -0.3 is 19.3 Å². The number of rotatable bonds is 9. The lowest BCUT2D eigenvalue weighted by atomic mass is 9.92. The molecular formula is C27H37ClN2O4. The van der Waals surface area contributed by atoms with Crippen molar-refractivity contribution in [2.45, 2.75) is 38.8 Å². The van der Waals surface area contributed by atoms with E-state index in [-0.39, 0.29) is 0 Å². The molecule has 34 heavy (non-hydrogen) atoms. The fourth-order valence-corrected chi connectivity index (χ4v) is 4.70. The Labute approximate surface area is 208 Å². The number of hydrogen-bond acceptors (Lipinski definition) is 6. The van der Waals surface area contributed by atoms with E-state index in [1.807, 2.05) is 32.0 Å². The lowest BCUT2D eigenvalue weighted by Gasteiger charge is -2.38. The van der Waals surface area contributed by atoms with E-state index in [1.54, 1.807) is 0 Å². The molecule has 0 bridgehead atoms. The van der Waals surface area contributed by atoms with Crippen molar-refractivity contribution in [3.63, 3.8) is 0 Å². The van der Waals surface area contributed by atoms with Crippen molar-refractivity contribution in [3.05, 3.63) is 58.1 Å². The maximum atomic E-state index is 11.0. The zero-order valence-electron chi connectivity index (χ0n) is 20.4. The molecule has 4 rings (SSSR count). The summed E-state index contributed by atoms with van der Waals surface area (Å²) in [5.74, 6) is 1.68. The summed E-state index contributed by atoms with van der Waals surface area (Å²) in [6.45, 7) is 12.0. The molecule has 2 aliphatic rings. The maximum Gasteiger partial charge on any atom is 0.120 e. The van der Waals surface area contributed by atoms with E-state index in [2.05, 4.69) is 28.0 Å². The van der Waals surface area contributed by atoms with Gasteiger partial charge in [-0.3, -0.25) is 9.80 Å². The molecule has 0 saturated carbocycles. The minimum atomic E-state index is -0.803. The van der Waals surface area contributed by atoms with Gasteiger partial charge in [-0.05, 0) is 67.6 Å². The Morgan fingerprint density at radius 3 is 2.35 bits per heavy atom. The third-order valence-electron chi connectivity index (χ3n) is 6.79. The first kappa shape index (κ1) is 25.3. The number of benzene rings is 2. The Morgan fingerprint density at radius 2 is 1.65 bits per heavy atom. The second-order valence-corrected chi connectivity index (χ2v) is 9.99. The first-order valence-electron chi connectivity index (χ1n) is 12.3. The van der Waals surface area contributed by atoms with Gasteiger partial charge in [0.15, 0.2) is 0 Å². The smallest absolute Gasteiger partial charge is 0.120 e. The van der Waals surface area contributed by atoms with Crippen LogP contribution in [-0.2, 0) is 11.3 Å². The van der Waals surface area contributed by atoms with E-state index >= 15 is 0 Å². The number of nitrogens with zero attached hydrogens (tertiary/aromatic N) is 2. The number of ether oxygens (including phenoxy) is 3. The quantitative estimate of drug-likeness (QED) is 0.574. The predicted octanol–water partition coefficient (Wildman–Crippen LogP) is 4.07. The van der Waals surface area contributed by atoms with Crippen LogP contribution < -0.4 is 9.47 Å². The fourth-order valence-electron chi connectivity index (χ4n) is 4.59. The van der Waals surface area contributed by atoms with Crippen LogP contribution in [0.4, 0.5) is 0 Å². The molecule has 2 aromatic carbocycles. The van der Waals surface area contributed by atoms with Crippen LogP contribution in [0.3, 0.4) is 0 Å². The number of hydrogen-bond donors (Lipinski definition) is 1. The zero-order chi connectivity index (χ0) is 24.0. The maximum absolute atomic E-state index is 11.0. The monoisotopic (exact) mass is 488 g/mol. The fraction of sp³-hybridized carbons (Fsp3) is 0.556. The SMILES string of the molecule is Cc1cc(OCC2(O)CCN(Cc3cccc(OCCN4CCOCC4)c3)CC2)cc(C)c1Cl. The van der Waals surface area contributed by atoms with Gasteiger partial charge in [-0.2, -0.15) is 0 Å². The highest BCUT2D eigenvalue weighted by Gasteiger charge is 2.33. The summed E-state index contributed by atoms with van der Waals surface area (Å²) in [7, 11) is 0. The van der Waals surface area contributed by atoms with Crippen molar-refractivity contribution in [1.82, 2.24) is 9.80 Å². The summed E-state index contributed by atoms with van der Waals surface area (Å²) in [6, 6.07) is 12.2. The van der Waals surface area contributed by atoms with E-state index in [1.165, 1.54) is 5.56 Å². The van der Waals surface area contributed by atoms with Gasteiger partial charge in [-0.15, -0.1) is 0 Å². The number of morpholine rings is 1. The minimum absolute atomic E-state index is 0.299. The molecule has 2 aromatic rings. The molecule has 6 nitrogen and oxygen atoms in total. The molecule has 2 fully saturated rings. The van der Waals surface area contributed by atoms with Crippen LogP contribution in [0.25, 0.3) is 0 Å². The van der Waals surface area contributed by atoms with Crippen LogP contribution in [0, 0.1) is 13.8 Å². The number of aliphatic hydroxyl groups is 1. The number of piperidine rings is 1. The molecule has 0 unspecified atom stereocenters. The summed E-state index contributed by atoms with van der Waals surface area (Å²) in [5.41, 5.74) is 2.41. The second kappa shape index (κ2) is 11.7. The van der Waals surface area contributed by atoms with Gasteiger partial charge in [0.05, 0.1) is 13.2 Å². The topological polar surface area (TPSA) is 54.4 Å². The van der Waals surface area contributed by atoms with Crippen LogP contribution in [0.5, 0.6) is 11.5 Å². The van der Waals surface area contributed by atoms with Crippen molar-refractivity contribution >= 4 is 11.6 Å². The molecule has 2 heterocycles. The Hall–Kier alpha value is -1.83. The van der Waals surface area contributed by atoms with E-state index in [0.717, 1.165) is 80.1 Å². The van der Waals surface area contributed by atoms with E-state index < -0.39 is 5.60 Å². The van der Waals surface area contributed by atoms with Crippen molar-refractivity contribution in [2.75, 3.05) is 59.2 Å². The molecule has 2 aliphatic heterocycles. The normalized spacial score (nSPS) is 19.2. The highest BCUT2D eigenvalue weighted by molar-refractivity contribution is 6.32. The standard InChI is InChI=1S/C27H37ClN2O4/c1-21-16-25(17-22(2)26(21)28)34-20-27(31)6-8-30(9-7-27)19-23-4-3-5-24(18-23)33-15-12-29-10-13-32-14-11-29/h3-5,16-18,31H,6-15,19-20H2,1-2H3. The minimum Gasteiger partial charge on any atom is -0.492 e. The Kier molecular flexibility index (Phi) is 8.72. The van der Waals surface area contributed by atoms with Gasteiger partial charge in [0.25, 0.3) is 0 Å². The number of halogens is 1. The molecule has 7 heteroatoms. The molecule has 186 valence electrons. The summed E-state index contributed by atoms with van der Waals surface area (Å²) < 4.78 is 17.4. The largest absolute Gasteiger partial charge is 0.492 e. The van der Waals surface area contributed by atoms with E-state index in [9.17, 15) is 5.11 Å². The van der Waals surface area contributed by atoms with E-state index in [0.29, 0.717) is 26.1 Å². The van der Waals surface area contributed by atoms with Gasteiger partial charge in [0.1, 0.15) is 30.3 Å². The molecule has 1 N–H and O–H groups in total. The van der Waals surface area contributed by atoms with Gasteiger partial charge in [-0.25, -0.2) is 0 Å². The first-order chi connectivity index (χ1) is 16.4. The van der Waals surface area contributed by atoms with Gasteiger partial charge in [-0.1, -0.05) is 23.7 Å². The molecule has 0 radical (unpaired) electrons. The van der Waals surface area contributed by atoms with Crippen LogP contribution in [0.15, 0.2) is 36.4 Å². The predicted molar refractivity (Wildman–Crippen MR) is 135 cm³/mol. The van der Waals surface area contributed by atoms with Gasteiger partial charge in [0, 0.05) is 44.3 Å². The summed E-state index contributed by atoms with van der Waals surface area (Å²) in [6.07, 6.45) is 1.38. The average molecular weight is 489 g/mol. The van der Waals surface area contributed by atoms with Crippen molar-refractivity contribution in [3.8, 4) is 11.5 Å². The highest BCUT2D eigenvalue weighted by Crippen LogP contribution is 2.29. The van der Waals surface area contributed by atoms with Crippen LogP contribution >= 0.6 is 11.6 Å². The lowest BCUT2D eigenvalue weighted by molar-refractivity contribution is -0.0537. The van der Waals surface area contributed by atoms with Crippen LogP contribution in [0.2, 0.25) is 5.02 Å². The summed E-state index contributed by atoms with van der Waals surface area (Å²) >= 11 is 6.25. The number of likely N-dealkylation sites (tertiary alicyclic amines) is 1. The third-order valence-corrected chi connectivity index (χ3v) is 7.39. The molecule has 0 aliphatic carbocycles. The zero-order valence-corrected chi connectivity index (χ0v) is 21.1. The molecular weight excluding hydrogens is 452 g/mol. The lowest BCUT2D eigenvalue weighted by Crippen LogP contribution is -2.47. The van der Waals surface area contributed by atoms with Crippen molar-refractivity contribution < 1.29 is 19.3 Å². The summed E-state index contributed by atoms with van der Waals surface area (Å²) in [5, 5.41) is 11.8. The number of aryl methyl sites for hydroxylation is 2. The Balaban J connectivity index is 1.21. The van der Waals surface area contributed by atoms with Crippen LogP contribution in [0.1, 0.15) is 29.5 Å². The first-order valence-corrected chi connectivity index (χ1v) is 12.6. The van der Waals surface area contributed by atoms with Crippen LogP contribution in [-0.4, -0.2) is 79.7 Å². The highest BCUT2D eigenvalue weighted by atomic mass is 35.5. The van der Waals surface area contributed by atoms with Gasteiger partial charge in [0.2, 0.25) is 0 Å². The molecule has 0 spiro atoms. The van der Waals surface area contributed by atoms with Crippen molar-refractivity contribution in [1.29, 1.82) is 0 Å². The summed E-state index contributed by atoms with van der Waals surface area (Å²) in [4.78, 5) is 4.76. The molecule has 0 aromatic heterocycles. The Morgan fingerprint density at radius 1 is 0.941 bits per heavy atom. The third kappa shape index (κ3) is 7.09. The molecule has 0 amide bonds. The molecule has 2 saturated heterocycles. The Bertz CT molecular complexity index is 917. The average Bonchev–Trinajstić information content (AvgIpc) is 2.84. The van der Waals surface area contributed by atoms with E-state index in [4.69, 9.17) is 25.8 Å². The second-order valence-electron chi connectivity index (χ2n) is 9.61.